The number of hydrogen-bond acceptors (Lipinski definition) is 5. The van der Waals surface area contributed by atoms with Gasteiger partial charge < -0.3 is 23.7 Å². The molecule has 0 bridgehead atoms. The summed E-state index contributed by atoms with van der Waals surface area (Å²) in [5.41, 5.74) is 0. The predicted octanol–water partition coefficient (Wildman–Crippen LogP) is 2.01. The van der Waals surface area contributed by atoms with Crippen molar-refractivity contribution < 1.29 is 23.7 Å². The Balaban J connectivity index is 2.89. The van der Waals surface area contributed by atoms with Crippen LogP contribution in [-0.2, 0) is 23.7 Å². The molecular formula is C14H28O5. The second kappa shape index (κ2) is 17.4. The van der Waals surface area contributed by atoms with Crippen molar-refractivity contribution in [3.8, 4) is 0 Å². The molecule has 0 radical (unpaired) electrons. The molecule has 0 atom stereocenters. The van der Waals surface area contributed by atoms with E-state index in [4.69, 9.17) is 23.7 Å². The molecule has 0 heterocycles. The predicted molar refractivity (Wildman–Crippen MR) is 74.3 cm³/mol. The molecule has 0 aromatic rings. The van der Waals surface area contributed by atoms with E-state index in [0.717, 1.165) is 19.4 Å². The minimum absolute atomic E-state index is 0.532. The standard InChI is InChI=1S/C14H28O5/c1-3-5-6-16-9-10-18-13-14-19-12-11-17-8-7-15-4-2/h4H,2-3,5-14H2,1H3. The Hall–Kier alpha value is -0.620. The van der Waals surface area contributed by atoms with E-state index in [1.807, 2.05) is 0 Å². The van der Waals surface area contributed by atoms with Gasteiger partial charge in [-0.15, -0.1) is 0 Å². The van der Waals surface area contributed by atoms with Crippen LogP contribution in [0.4, 0.5) is 0 Å². The molecule has 0 amide bonds. The molecule has 0 fully saturated rings. The molecule has 0 saturated heterocycles. The summed E-state index contributed by atoms with van der Waals surface area (Å²) in [7, 11) is 0. The van der Waals surface area contributed by atoms with Crippen molar-refractivity contribution in [3.05, 3.63) is 12.8 Å². The van der Waals surface area contributed by atoms with Crippen LogP contribution in [0.25, 0.3) is 0 Å². The van der Waals surface area contributed by atoms with E-state index in [-0.39, 0.29) is 0 Å². The van der Waals surface area contributed by atoms with Gasteiger partial charge in [-0.3, -0.25) is 0 Å². The summed E-state index contributed by atoms with van der Waals surface area (Å²) in [5.74, 6) is 0. The molecule has 0 aromatic heterocycles. The lowest BCUT2D eigenvalue weighted by atomic mass is 10.4. The van der Waals surface area contributed by atoms with Gasteiger partial charge in [0.1, 0.15) is 6.61 Å². The first-order chi connectivity index (χ1) is 9.41. The van der Waals surface area contributed by atoms with E-state index in [1.165, 1.54) is 6.26 Å². The molecular weight excluding hydrogens is 248 g/mol. The lowest BCUT2D eigenvalue weighted by Crippen LogP contribution is -2.13. The summed E-state index contributed by atoms with van der Waals surface area (Å²) < 4.78 is 26.2. The minimum atomic E-state index is 0.532. The van der Waals surface area contributed by atoms with Gasteiger partial charge in [0.25, 0.3) is 0 Å². The van der Waals surface area contributed by atoms with E-state index in [0.29, 0.717) is 52.9 Å². The minimum Gasteiger partial charge on any atom is -0.499 e. The van der Waals surface area contributed by atoms with Crippen LogP contribution in [-0.4, -0.2) is 59.5 Å². The Morgan fingerprint density at radius 3 is 1.53 bits per heavy atom. The van der Waals surface area contributed by atoms with Crippen LogP contribution in [0.2, 0.25) is 0 Å². The maximum absolute atomic E-state index is 5.36. The molecule has 0 spiro atoms. The van der Waals surface area contributed by atoms with Crippen LogP contribution < -0.4 is 0 Å². The lowest BCUT2D eigenvalue weighted by Gasteiger charge is -2.07. The molecule has 0 aromatic carbocycles. The van der Waals surface area contributed by atoms with Crippen LogP contribution in [0.5, 0.6) is 0 Å². The van der Waals surface area contributed by atoms with E-state index in [2.05, 4.69) is 13.5 Å². The molecule has 0 N–H and O–H groups in total. The number of unbranched alkanes of at least 4 members (excludes halogenated alkanes) is 1. The molecule has 5 heteroatoms. The highest BCUT2D eigenvalue weighted by Gasteiger charge is 1.92. The fourth-order valence-electron chi connectivity index (χ4n) is 1.20. The van der Waals surface area contributed by atoms with E-state index in [9.17, 15) is 0 Å². The van der Waals surface area contributed by atoms with Gasteiger partial charge >= 0.3 is 0 Å². The smallest absolute Gasteiger partial charge is 0.111 e. The fourth-order valence-corrected chi connectivity index (χ4v) is 1.20. The van der Waals surface area contributed by atoms with E-state index >= 15 is 0 Å². The first-order valence-electron chi connectivity index (χ1n) is 6.95. The fraction of sp³-hybridized carbons (Fsp3) is 0.857. The highest BCUT2D eigenvalue weighted by molar-refractivity contribution is 4.47. The second-order valence-electron chi connectivity index (χ2n) is 3.84. The van der Waals surface area contributed by atoms with Crippen LogP contribution in [0.3, 0.4) is 0 Å². The number of rotatable bonds is 16. The van der Waals surface area contributed by atoms with Crippen molar-refractivity contribution in [1.82, 2.24) is 0 Å². The van der Waals surface area contributed by atoms with Crippen molar-refractivity contribution in [3.63, 3.8) is 0 Å². The van der Waals surface area contributed by atoms with Gasteiger partial charge in [-0.2, -0.15) is 0 Å². The summed E-state index contributed by atoms with van der Waals surface area (Å²) in [4.78, 5) is 0. The third-order valence-electron chi connectivity index (χ3n) is 2.22. The maximum atomic E-state index is 5.36. The summed E-state index contributed by atoms with van der Waals surface area (Å²) >= 11 is 0. The van der Waals surface area contributed by atoms with Crippen LogP contribution in [0.1, 0.15) is 19.8 Å². The van der Waals surface area contributed by atoms with Crippen molar-refractivity contribution in [2.45, 2.75) is 19.8 Å². The molecule has 19 heavy (non-hydrogen) atoms. The Kier molecular flexibility index (Phi) is 16.8. The van der Waals surface area contributed by atoms with Crippen molar-refractivity contribution in [2.75, 3.05) is 59.5 Å². The van der Waals surface area contributed by atoms with Gasteiger partial charge in [0.2, 0.25) is 0 Å². The zero-order chi connectivity index (χ0) is 14.0. The quantitative estimate of drug-likeness (QED) is 0.319. The normalized spacial score (nSPS) is 10.6. The van der Waals surface area contributed by atoms with Crippen LogP contribution in [0.15, 0.2) is 12.8 Å². The Morgan fingerprint density at radius 2 is 1.11 bits per heavy atom. The Morgan fingerprint density at radius 1 is 0.684 bits per heavy atom. The van der Waals surface area contributed by atoms with Gasteiger partial charge in [0.15, 0.2) is 0 Å². The average Bonchev–Trinajstić information content (AvgIpc) is 2.43. The molecule has 114 valence electrons. The monoisotopic (exact) mass is 276 g/mol. The topological polar surface area (TPSA) is 46.2 Å². The number of ether oxygens (including phenoxy) is 5. The first kappa shape index (κ1) is 18.4. The van der Waals surface area contributed by atoms with E-state index in [1.54, 1.807) is 0 Å². The largest absolute Gasteiger partial charge is 0.499 e. The maximum Gasteiger partial charge on any atom is 0.111 e. The lowest BCUT2D eigenvalue weighted by molar-refractivity contribution is -0.00629. The summed E-state index contributed by atoms with van der Waals surface area (Å²) in [5, 5.41) is 0. The van der Waals surface area contributed by atoms with Gasteiger partial charge in [-0.1, -0.05) is 19.9 Å². The van der Waals surface area contributed by atoms with Gasteiger partial charge in [0.05, 0.1) is 52.5 Å². The molecule has 5 nitrogen and oxygen atoms in total. The van der Waals surface area contributed by atoms with Gasteiger partial charge in [-0.25, -0.2) is 0 Å². The molecule has 0 aliphatic carbocycles. The van der Waals surface area contributed by atoms with Crippen LogP contribution >= 0.6 is 0 Å². The first-order valence-corrected chi connectivity index (χ1v) is 6.95. The zero-order valence-electron chi connectivity index (χ0n) is 12.1. The SMILES string of the molecule is C=COCCOCCOCCOCCOCCCC. The Bertz CT molecular complexity index is 175. The summed E-state index contributed by atoms with van der Waals surface area (Å²) in [6, 6.07) is 0. The summed E-state index contributed by atoms with van der Waals surface area (Å²) in [6.07, 6.45) is 3.68. The highest BCUT2D eigenvalue weighted by Crippen LogP contribution is 1.88. The molecule has 0 aliphatic rings. The Labute approximate surface area is 116 Å². The van der Waals surface area contributed by atoms with Crippen LogP contribution in [0, 0.1) is 0 Å². The van der Waals surface area contributed by atoms with E-state index < -0.39 is 0 Å². The molecule has 0 saturated carbocycles. The van der Waals surface area contributed by atoms with Crippen molar-refractivity contribution >= 4 is 0 Å². The van der Waals surface area contributed by atoms with Crippen molar-refractivity contribution in [1.29, 1.82) is 0 Å². The van der Waals surface area contributed by atoms with Gasteiger partial charge in [0, 0.05) is 6.61 Å². The highest BCUT2D eigenvalue weighted by atomic mass is 16.6. The zero-order valence-corrected chi connectivity index (χ0v) is 12.1. The van der Waals surface area contributed by atoms with Crippen molar-refractivity contribution in [2.24, 2.45) is 0 Å². The molecule has 0 rings (SSSR count). The second-order valence-corrected chi connectivity index (χ2v) is 3.84. The van der Waals surface area contributed by atoms with Gasteiger partial charge in [-0.05, 0) is 6.42 Å². The third-order valence-corrected chi connectivity index (χ3v) is 2.22. The third kappa shape index (κ3) is 17.4. The summed E-state index contributed by atoms with van der Waals surface area (Å²) in [6.45, 7) is 11.1. The molecule has 0 aliphatic heterocycles. The average molecular weight is 276 g/mol. The number of hydrogen-bond donors (Lipinski definition) is 0. The molecule has 0 unspecified atom stereocenters.